The van der Waals surface area contributed by atoms with E-state index in [-0.39, 0.29) is 11.8 Å². The minimum Gasteiger partial charge on any atom is -0.497 e. The fraction of sp³-hybridized carbons (Fsp3) is 0.500. The molecule has 0 bridgehead atoms. The lowest BCUT2D eigenvalue weighted by molar-refractivity contribution is -0.122. The Morgan fingerprint density at radius 3 is 2.50 bits per heavy atom. The summed E-state index contributed by atoms with van der Waals surface area (Å²) in [7, 11) is 1.64. The Kier molecular flexibility index (Phi) is 3.72. The number of methoxy groups -OCH3 is 1. The van der Waals surface area contributed by atoms with Crippen LogP contribution < -0.4 is 10.2 Å². The van der Waals surface area contributed by atoms with Gasteiger partial charge in [0.1, 0.15) is 5.75 Å². The molecule has 0 radical (unpaired) electrons. The summed E-state index contributed by atoms with van der Waals surface area (Å²) in [6.07, 6.45) is 6.65. The van der Waals surface area contributed by atoms with E-state index in [0.29, 0.717) is 11.8 Å². The Labute approximate surface area is 119 Å². The van der Waals surface area contributed by atoms with Gasteiger partial charge in [-0.25, -0.2) is 5.43 Å². The maximum atomic E-state index is 12.0. The summed E-state index contributed by atoms with van der Waals surface area (Å²) >= 11 is 0. The molecular formula is C16H20N2O2. The van der Waals surface area contributed by atoms with Crippen molar-refractivity contribution in [3.63, 3.8) is 0 Å². The van der Waals surface area contributed by atoms with Crippen molar-refractivity contribution >= 4 is 12.1 Å². The third-order valence-electron chi connectivity index (χ3n) is 4.46. The largest absolute Gasteiger partial charge is 0.497 e. The topological polar surface area (TPSA) is 50.7 Å². The Balaban J connectivity index is 1.51. The smallest absolute Gasteiger partial charge is 0.243 e. The van der Waals surface area contributed by atoms with Gasteiger partial charge in [0.15, 0.2) is 0 Å². The van der Waals surface area contributed by atoms with Gasteiger partial charge in [-0.1, -0.05) is 12.8 Å². The highest BCUT2D eigenvalue weighted by atomic mass is 16.5. The van der Waals surface area contributed by atoms with Crippen LogP contribution in [0.15, 0.2) is 29.4 Å². The molecular weight excluding hydrogens is 252 g/mol. The summed E-state index contributed by atoms with van der Waals surface area (Å²) < 4.78 is 5.09. The van der Waals surface area contributed by atoms with Gasteiger partial charge in [0.05, 0.1) is 13.3 Å². The number of ether oxygens (including phenoxy) is 1. The highest BCUT2D eigenvalue weighted by Crippen LogP contribution is 2.55. The number of fused-ring (bicyclic) bond motifs is 1. The summed E-state index contributed by atoms with van der Waals surface area (Å²) in [4.78, 5) is 12.0. The Bertz CT molecular complexity index is 498. The molecule has 0 spiro atoms. The predicted octanol–water partition coefficient (Wildman–Crippen LogP) is 2.58. The third kappa shape index (κ3) is 2.69. The van der Waals surface area contributed by atoms with Crippen molar-refractivity contribution in [1.82, 2.24) is 5.43 Å². The van der Waals surface area contributed by atoms with Gasteiger partial charge in [0, 0.05) is 5.92 Å². The lowest BCUT2D eigenvalue weighted by Gasteiger charge is -2.04. The highest BCUT2D eigenvalue weighted by Gasteiger charge is 2.54. The van der Waals surface area contributed by atoms with Gasteiger partial charge in [-0.3, -0.25) is 4.79 Å². The van der Waals surface area contributed by atoms with E-state index in [1.807, 2.05) is 24.3 Å². The van der Waals surface area contributed by atoms with Crippen LogP contribution in [0.5, 0.6) is 5.75 Å². The lowest BCUT2D eigenvalue weighted by Crippen LogP contribution is -2.20. The summed E-state index contributed by atoms with van der Waals surface area (Å²) in [5, 5.41) is 4.05. The molecule has 2 aliphatic carbocycles. The van der Waals surface area contributed by atoms with E-state index >= 15 is 0 Å². The molecule has 2 unspecified atom stereocenters. The van der Waals surface area contributed by atoms with E-state index in [1.165, 1.54) is 25.7 Å². The van der Waals surface area contributed by atoms with Gasteiger partial charge in [-0.15, -0.1) is 0 Å². The fourth-order valence-electron chi connectivity index (χ4n) is 3.32. The third-order valence-corrected chi connectivity index (χ3v) is 4.46. The molecule has 2 fully saturated rings. The highest BCUT2D eigenvalue weighted by molar-refractivity contribution is 5.85. The van der Waals surface area contributed by atoms with E-state index in [2.05, 4.69) is 10.5 Å². The van der Waals surface area contributed by atoms with Crippen molar-refractivity contribution in [2.45, 2.75) is 25.7 Å². The van der Waals surface area contributed by atoms with Crippen molar-refractivity contribution in [2.75, 3.05) is 7.11 Å². The van der Waals surface area contributed by atoms with Crippen molar-refractivity contribution in [1.29, 1.82) is 0 Å². The molecule has 2 aliphatic rings. The van der Waals surface area contributed by atoms with Gasteiger partial charge in [0.25, 0.3) is 0 Å². The minimum absolute atomic E-state index is 0.0895. The monoisotopic (exact) mass is 272 g/mol. The van der Waals surface area contributed by atoms with Crippen molar-refractivity contribution in [3.8, 4) is 5.75 Å². The SMILES string of the molecule is COc1ccc(/C=N/NC(=O)C2C3CCCCC32)cc1. The quantitative estimate of drug-likeness (QED) is 0.676. The van der Waals surface area contributed by atoms with Crippen LogP contribution in [0.1, 0.15) is 31.2 Å². The van der Waals surface area contributed by atoms with Crippen LogP contribution in [0, 0.1) is 17.8 Å². The first-order chi connectivity index (χ1) is 9.79. The molecule has 0 aliphatic heterocycles. The van der Waals surface area contributed by atoms with Gasteiger partial charge in [-0.2, -0.15) is 5.10 Å². The minimum atomic E-state index is 0.0895. The average Bonchev–Trinajstić information content (AvgIpc) is 3.22. The van der Waals surface area contributed by atoms with Crippen LogP contribution in [-0.4, -0.2) is 19.2 Å². The van der Waals surface area contributed by atoms with Gasteiger partial charge >= 0.3 is 0 Å². The number of hydrazone groups is 1. The van der Waals surface area contributed by atoms with Crippen LogP contribution in [0.3, 0.4) is 0 Å². The lowest BCUT2D eigenvalue weighted by atomic mass is 10.0. The molecule has 1 N–H and O–H groups in total. The molecule has 1 aromatic rings. The van der Waals surface area contributed by atoms with Crippen molar-refractivity contribution in [2.24, 2.45) is 22.9 Å². The van der Waals surface area contributed by atoms with Crippen LogP contribution in [0.2, 0.25) is 0 Å². The molecule has 0 heterocycles. The normalized spacial score (nSPS) is 27.9. The van der Waals surface area contributed by atoms with Crippen molar-refractivity contribution < 1.29 is 9.53 Å². The summed E-state index contributed by atoms with van der Waals surface area (Å²) in [5.41, 5.74) is 3.62. The van der Waals surface area contributed by atoms with Crippen LogP contribution in [0.25, 0.3) is 0 Å². The van der Waals surface area contributed by atoms with Crippen LogP contribution in [0.4, 0.5) is 0 Å². The number of hydrogen-bond acceptors (Lipinski definition) is 3. The van der Waals surface area contributed by atoms with Gasteiger partial charge in [-0.05, 0) is 54.5 Å². The molecule has 0 aromatic heterocycles. The first-order valence-corrected chi connectivity index (χ1v) is 7.26. The number of amides is 1. The summed E-state index contributed by atoms with van der Waals surface area (Å²) in [6, 6.07) is 7.56. The molecule has 0 saturated heterocycles. The molecule has 3 rings (SSSR count). The van der Waals surface area contributed by atoms with E-state index in [1.54, 1.807) is 13.3 Å². The number of nitrogens with one attached hydrogen (secondary N) is 1. The number of carbonyl (C=O) groups is 1. The van der Waals surface area contributed by atoms with Gasteiger partial charge in [0.2, 0.25) is 5.91 Å². The predicted molar refractivity (Wildman–Crippen MR) is 77.7 cm³/mol. The van der Waals surface area contributed by atoms with E-state index in [9.17, 15) is 4.79 Å². The number of rotatable bonds is 4. The van der Waals surface area contributed by atoms with Crippen molar-refractivity contribution in [3.05, 3.63) is 29.8 Å². The van der Waals surface area contributed by atoms with Gasteiger partial charge < -0.3 is 4.74 Å². The molecule has 1 amide bonds. The molecule has 4 heteroatoms. The zero-order valence-electron chi connectivity index (χ0n) is 11.7. The number of benzene rings is 1. The maximum absolute atomic E-state index is 12.0. The molecule has 1 aromatic carbocycles. The molecule has 2 atom stereocenters. The zero-order valence-corrected chi connectivity index (χ0v) is 11.7. The summed E-state index contributed by atoms with van der Waals surface area (Å²) in [6.45, 7) is 0. The standard InChI is InChI=1S/C16H20N2O2/c1-20-12-8-6-11(7-9-12)10-17-18-16(19)15-13-4-2-3-5-14(13)15/h6-10,13-15H,2-5H2,1H3,(H,18,19)/b17-10+. The number of hydrogen-bond donors (Lipinski definition) is 1. The van der Waals surface area contributed by atoms with E-state index in [0.717, 1.165) is 11.3 Å². The fourth-order valence-corrected chi connectivity index (χ4v) is 3.32. The van der Waals surface area contributed by atoms with Crippen LogP contribution >= 0.6 is 0 Å². The Morgan fingerprint density at radius 1 is 1.25 bits per heavy atom. The molecule has 106 valence electrons. The first-order valence-electron chi connectivity index (χ1n) is 7.26. The average molecular weight is 272 g/mol. The van der Waals surface area contributed by atoms with Crippen LogP contribution in [-0.2, 0) is 4.79 Å². The Morgan fingerprint density at radius 2 is 1.90 bits per heavy atom. The van der Waals surface area contributed by atoms with E-state index in [4.69, 9.17) is 4.74 Å². The summed E-state index contributed by atoms with van der Waals surface area (Å²) in [5.74, 6) is 2.37. The second-order valence-electron chi connectivity index (χ2n) is 5.65. The second-order valence-corrected chi connectivity index (χ2v) is 5.65. The second kappa shape index (κ2) is 5.65. The first kappa shape index (κ1) is 13.2. The van der Waals surface area contributed by atoms with E-state index < -0.39 is 0 Å². The number of carbonyl (C=O) groups excluding carboxylic acids is 1. The Hall–Kier alpha value is -1.84. The molecule has 20 heavy (non-hydrogen) atoms. The zero-order chi connectivity index (χ0) is 13.9. The molecule has 4 nitrogen and oxygen atoms in total. The maximum Gasteiger partial charge on any atom is 0.243 e. The number of nitrogens with zero attached hydrogens (tertiary/aromatic N) is 1. The molecule has 2 saturated carbocycles.